The summed E-state index contributed by atoms with van der Waals surface area (Å²) in [4.78, 5) is 0. The van der Waals surface area contributed by atoms with Crippen LogP contribution >= 0.6 is 0 Å². The standard InChI is InChI=1S/C9H14N.Li/c1-2-3-6-9-7-4-5-8-10-9;/h2-5,9-10H,1,6-8H2;/q-1;+1/b3-2+;. The number of rotatable bonds is 2. The molecule has 0 radical (unpaired) electrons. The molecule has 0 saturated heterocycles. The maximum atomic E-state index is 3.64. The van der Waals surface area contributed by atoms with E-state index in [0.717, 1.165) is 19.4 Å². The van der Waals surface area contributed by atoms with Crippen LogP contribution in [0.4, 0.5) is 0 Å². The van der Waals surface area contributed by atoms with Gasteiger partial charge >= 0.3 is 18.9 Å². The van der Waals surface area contributed by atoms with Gasteiger partial charge < -0.3 is 5.32 Å². The first kappa shape index (κ1) is 10.9. The molecule has 1 N–H and O–H groups in total. The van der Waals surface area contributed by atoms with Gasteiger partial charge in [-0.15, -0.1) is 0 Å². The molecular formula is C9H14LiN. The zero-order valence-electron chi connectivity index (χ0n) is 7.22. The topological polar surface area (TPSA) is 12.0 Å². The van der Waals surface area contributed by atoms with Gasteiger partial charge in [-0.1, -0.05) is 18.6 Å². The molecule has 0 bridgehead atoms. The third-order valence-corrected chi connectivity index (χ3v) is 1.70. The monoisotopic (exact) mass is 143 g/mol. The first-order valence-corrected chi connectivity index (χ1v) is 3.76. The van der Waals surface area contributed by atoms with Gasteiger partial charge in [-0.2, -0.15) is 0 Å². The van der Waals surface area contributed by atoms with Gasteiger partial charge in [0.05, 0.1) is 0 Å². The van der Waals surface area contributed by atoms with Crippen molar-refractivity contribution in [1.29, 1.82) is 0 Å². The maximum Gasteiger partial charge on any atom is 1.00 e. The Balaban J connectivity index is 0.000001000. The minimum absolute atomic E-state index is 0. The molecule has 2 heteroatoms. The average Bonchev–Trinajstić information content (AvgIpc) is 2.03. The van der Waals surface area contributed by atoms with E-state index in [0.29, 0.717) is 6.04 Å². The minimum atomic E-state index is 0. The molecule has 0 fully saturated rings. The molecule has 1 heterocycles. The van der Waals surface area contributed by atoms with Crippen LogP contribution in [-0.2, 0) is 0 Å². The van der Waals surface area contributed by atoms with Crippen LogP contribution < -0.4 is 24.2 Å². The first-order valence-electron chi connectivity index (χ1n) is 3.76. The van der Waals surface area contributed by atoms with Crippen LogP contribution in [0.15, 0.2) is 24.3 Å². The van der Waals surface area contributed by atoms with E-state index in [1.54, 1.807) is 0 Å². The summed E-state index contributed by atoms with van der Waals surface area (Å²) in [6.45, 7) is 4.67. The normalized spacial score (nSPS) is 23.5. The Morgan fingerprint density at radius 2 is 2.36 bits per heavy atom. The van der Waals surface area contributed by atoms with E-state index in [2.05, 4.69) is 30.5 Å². The SMILES string of the molecule is [CH2-]/C=C/CC1CC=CCN1.[Li+]. The van der Waals surface area contributed by atoms with Crippen molar-refractivity contribution < 1.29 is 18.9 Å². The molecule has 0 aromatic rings. The molecular weight excluding hydrogens is 129 g/mol. The van der Waals surface area contributed by atoms with Gasteiger partial charge in [-0.3, -0.25) is 0 Å². The second-order valence-electron chi connectivity index (χ2n) is 2.52. The van der Waals surface area contributed by atoms with Crippen molar-refractivity contribution in [3.05, 3.63) is 31.2 Å². The van der Waals surface area contributed by atoms with Crippen LogP contribution in [0.25, 0.3) is 0 Å². The summed E-state index contributed by atoms with van der Waals surface area (Å²) in [6.07, 6.45) is 10.6. The molecule has 0 aromatic carbocycles. The molecule has 11 heavy (non-hydrogen) atoms. The Kier molecular flexibility index (Phi) is 6.55. The number of hydrogen-bond donors (Lipinski definition) is 1. The fraction of sp³-hybridized carbons (Fsp3) is 0.444. The minimum Gasteiger partial charge on any atom is -0.311 e. The fourth-order valence-electron chi connectivity index (χ4n) is 1.10. The second kappa shape index (κ2) is 6.61. The molecule has 0 aliphatic carbocycles. The molecule has 1 aliphatic rings. The van der Waals surface area contributed by atoms with Crippen LogP contribution in [0, 0.1) is 6.92 Å². The van der Waals surface area contributed by atoms with Crippen molar-refractivity contribution in [2.45, 2.75) is 18.9 Å². The molecule has 0 spiro atoms. The third kappa shape index (κ3) is 4.37. The van der Waals surface area contributed by atoms with Gasteiger partial charge in [-0.25, -0.2) is 19.1 Å². The molecule has 1 atom stereocenters. The Hall–Kier alpha value is -0.0926. The van der Waals surface area contributed by atoms with Gasteiger partial charge in [0.2, 0.25) is 0 Å². The van der Waals surface area contributed by atoms with Crippen LogP contribution in [0.3, 0.4) is 0 Å². The number of hydrogen-bond acceptors (Lipinski definition) is 1. The van der Waals surface area contributed by atoms with Gasteiger partial charge in [0, 0.05) is 6.54 Å². The Labute approximate surface area is 81.1 Å². The van der Waals surface area contributed by atoms with Crippen LogP contribution in [-0.4, -0.2) is 12.6 Å². The van der Waals surface area contributed by atoms with E-state index < -0.39 is 0 Å². The van der Waals surface area contributed by atoms with Crippen LogP contribution in [0.1, 0.15) is 12.8 Å². The smallest absolute Gasteiger partial charge is 0.311 e. The molecule has 1 nitrogen and oxygen atoms in total. The molecule has 0 saturated carbocycles. The summed E-state index contributed by atoms with van der Waals surface area (Å²) < 4.78 is 0. The van der Waals surface area contributed by atoms with Crippen molar-refractivity contribution in [2.75, 3.05) is 6.54 Å². The maximum absolute atomic E-state index is 3.64. The summed E-state index contributed by atoms with van der Waals surface area (Å²) in [5.41, 5.74) is 0. The number of allylic oxidation sites excluding steroid dienone is 1. The summed E-state index contributed by atoms with van der Waals surface area (Å²) >= 11 is 0. The van der Waals surface area contributed by atoms with E-state index in [4.69, 9.17) is 0 Å². The quantitative estimate of drug-likeness (QED) is 0.287. The summed E-state index contributed by atoms with van der Waals surface area (Å²) in [6, 6.07) is 0.642. The van der Waals surface area contributed by atoms with Crippen LogP contribution in [0.5, 0.6) is 0 Å². The van der Waals surface area contributed by atoms with Crippen molar-refractivity contribution in [2.24, 2.45) is 0 Å². The van der Waals surface area contributed by atoms with Crippen molar-refractivity contribution in [1.82, 2.24) is 5.32 Å². The van der Waals surface area contributed by atoms with Gasteiger partial charge in [0.15, 0.2) is 0 Å². The molecule has 0 aromatic heterocycles. The predicted molar refractivity (Wildman–Crippen MR) is 44.7 cm³/mol. The Morgan fingerprint density at radius 1 is 1.55 bits per heavy atom. The Morgan fingerprint density at radius 3 is 2.91 bits per heavy atom. The summed E-state index contributed by atoms with van der Waals surface area (Å²) in [5, 5.41) is 3.39. The van der Waals surface area contributed by atoms with Gasteiger partial charge in [0.25, 0.3) is 0 Å². The first-order chi connectivity index (χ1) is 4.93. The van der Waals surface area contributed by atoms with E-state index >= 15 is 0 Å². The third-order valence-electron chi connectivity index (χ3n) is 1.70. The van der Waals surface area contributed by atoms with Gasteiger partial charge in [-0.05, 0) is 12.5 Å². The molecule has 1 aliphatic heterocycles. The average molecular weight is 143 g/mol. The fourth-order valence-corrected chi connectivity index (χ4v) is 1.10. The largest absolute Gasteiger partial charge is 1.00 e. The van der Waals surface area contributed by atoms with E-state index in [9.17, 15) is 0 Å². The Bertz CT molecular complexity index is 140. The van der Waals surface area contributed by atoms with E-state index in [1.807, 2.05) is 6.08 Å². The second-order valence-corrected chi connectivity index (χ2v) is 2.52. The molecule has 1 unspecified atom stereocenters. The van der Waals surface area contributed by atoms with Gasteiger partial charge in [0.1, 0.15) is 0 Å². The molecule has 1 rings (SSSR count). The van der Waals surface area contributed by atoms with Crippen molar-refractivity contribution >= 4 is 0 Å². The number of nitrogens with one attached hydrogen (secondary N) is 1. The zero-order chi connectivity index (χ0) is 7.23. The van der Waals surface area contributed by atoms with Crippen LogP contribution in [0.2, 0.25) is 0 Å². The molecule has 56 valence electrons. The van der Waals surface area contributed by atoms with E-state index in [1.165, 1.54) is 0 Å². The van der Waals surface area contributed by atoms with Crippen molar-refractivity contribution in [3.63, 3.8) is 0 Å². The molecule has 0 amide bonds. The van der Waals surface area contributed by atoms with Crippen molar-refractivity contribution in [3.8, 4) is 0 Å². The van der Waals surface area contributed by atoms with E-state index in [-0.39, 0.29) is 18.9 Å². The summed E-state index contributed by atoms with van der Waals surface area (Å²) in [5.74, 6) is 0. The summed E-state index contributed by atoms with van der Waals surface area (Å²) in [7, 11) is 0. The predicted octanol–water partition coefficient (Wildman–Crippen LogP) is -1.31. The zero-order valence-corrected chi connectivity index (χ0v) is 7.22.